The van der Waals surface area contributed by atoms with Gasteiger partial charge in [-0.25, -0.2) is 9.97 Å². The van der Waals surface area contributed by atoms with Crippen LogP contribution in [0.25, 0.3) is 11.4 Å². The van der Waals surface area contributed by atoms with Crippen molar-refractivity contribution in [2.45, 2.75) is 6.42 Å². The van der Waals surface area contributed by atoms with Crippen molar-refractivity contribution in [2.24, 2.45) is 0 Å². The summed E-state index contributed by atoms with van der Waals surface area (Å²) in [5, 5.41) is 3.95. The number of hydrogen-bond acceptors (Lipinski definition) is 7. The third-order valence-corrected chi connectivity index (χ3v) is 2.99. The Morgan fingerprint density at radius 1 is 1.00 bits per heavy atom. The van der Waals surface area contributed by atoms with E-state index >= 15 is 0 Å². The molecule has 0 atom stereocenters. The van der Waals surface area contributed by atoms with E-state index in [0.29, 0.717) is 29.9 Å². The summed E-state index contributed by atoms with van der Waals surface area (Å²) in [7, 11) is 3.14. The lowest BCUT2D eigenvalue weighted by molar-refractivity contribution is 0.381. The lowest BCUT2D eigenvalue weighted by Crippen LogP contribution is -1.95. The van der Waals surface area contributed by atoms with Gasteiger partial charge in [-0.2, -0.15) is 4.98 Å². The van der Waals surface area contributed by atoms with Crippen molar-refractivity contribution in [2.75, 3.05) is 14.2 Å². The highest BCUT2D eigenvalue weighted by atomic mass is 16.5. The van der Waals surface area contributed by atoms with Crippen LogP contribution in [-0.2, 0) is 6.42 Å². The van der Waals surface area contributed by atoms with Crippen molar-refractivity contribution in [1.82, 2.24) is 20.1 Å². The molecule has 3 rings (SSSR count). The zero-order valence-corrected chi connectivity index (χ0v) is 12.2. The normalized spacial score (nSPS) is 10.5. The molecule has 0 radical (unpaired) electrons. The Kier molecular flexibility index (Phi) is 3.95. The first-order valence-corrected chi connectivity index (χ1v) is 6.61. The van der Waals surface area contributed by atoms with Gasteiger partial charge in [-0.05, 0) is 12.1 Å². The monoisotopic (exact) mass is 298 g/mol. The lowest BCUT2D eigenvalue weighted by atomic mass is 10.2. The summed E-state index contributed by atoms with van der Waals surface area (Å²) >= 11 is 0. The lowest BCUT2D eigenvalue weighted by Gasteiger charge is -2.00. The van der Waals surface area contributed by atoms with Crippen molar-refractivity contribution in [3.8, 4) is 23.1 Å². The molecule has 0 fully saturated rings. The van der Waals surface area contributed by atoms with Gasteiger partial charge in [0.05, 0.1) is 26.3 Å². The molecule has 0 bridgehead atoms. The van der Waals surface area contributed by atoms with Crippen LogP contribution in [-0.4, -0.2) is 34.3 Å². The molecule has 3 aromatic rings. The maximum Gasteiger partial charge on any atom is 0.232 e. The van der Waals surface area contributed by atoms with E-state index in [1.54, 1.807) is 32.5 Å². The molecule has 112 valence electrons. The Bertz CT molecular complexity index is 755. The van der Waals surface area contributed by atoms with Crippen LogP contribution in [0, 0.1) is 0 Å². The fourth-order valence-electron chi connectivity index (χ4n) is 1.90. The van der Waals surface area contributed by atoms with Gasteiger partial charge in [-0.15, -0.1) is 0 Å². The minimum absolute atomic E-state index is 0.438. The standard InChI is InChI=1S/C15H14N4O3/c1-20-12-7-6-10(9-16-12)15-18-14(22-19-15)8-11-4-3-5-13(17-11)21-2/h3-7,9H,8H2,1-2H3. The van der Waals surface area contributed by atoms with Crippen molar-refractivity contribution in [3.63, 3.8) is 0 Å². The second kappa shape index (κ2) is 6.21. The van der Waals surface area contributed by atoms with E-state index in [2.05, 4.69) is 20.1 Å². The topological polar surface area (TPSA) is 83.2 Å². The van der Waals surface area contributed by atoms with Crippen LogP contribution >= 0.6 is 0 Å². The van der Waals surface area contributed by atoms with Crippen LogP contribution in [0.15, 0.2) is 41.1 Å². The van der Waals surface area contributed by atoms with Crippen LogP contribution in [0.1, 0.15) is 11.6 Å². The van der Waals surface area contributed by atoms with E-state index in [9.17, 15) is 0 Å². The highest BCUT2D eigenvalue weighted by Crippen LogP contribution is 2.18. The second-order valence-corrected chi connectivity index (χ2v) is 4.45. The Morgan fingerprint density at radius 2 is 1.86 bits per heavy atom. The van der Waals surface area contributed by atoms with Crippen LogP contribution < -0.4 is 9.47 Å². The van der Waals surface area contributed by atoms with Crippen LogP contribution in [0.5, 0.6) is 11.8 Å². The SMILES string of the molecule is COc1ccc(-c2noc(Cc3cccc(OC)n3)n2)cn1. The quantitative estimate of drug-likeness (QED) is 0.713. The van der Waals surface area contributed by atoms with E-state index in [-0.39, 0.29) is 0 Å². The molecule has 0 saturated heterocycles. The van der Waals surface area contributed by atoms with Gasteiger partial charge in [0.25, 0.3) is 0 Å². The predicted octanol–water partition coefficient (Wildman–Crippen LogP) is 2.13. The summed E-state index contributed by atoms with van der Waals surface area (Å²) in [5.41, 5.74) is 1.55. The van der Waals surface area contributed by atoms with E-state index in [1.807, 2.05) is 18.2 Å². The van der Waals surface area contributed by atoms with Gasteiger partial charge in [0.15, 0.2) is 0 Å². The molecule has 0 saturated carbocycles. The third kappa shape index (κ3) is 3.03. The molecule has 0 aliphatic carbocycles. The average Bonchev–Trinajstić information content (AvgIpc) is 3.03. The summed E-state index contributed by atoms with van der Waals surface area (Å²) in [6, 6.07) is 9.10. The molecule has 0 spiro atoms. The maximum absolute atomic E-state index is 5.25. The molecule has 3 aromatic heterocycles. The number of pyridine rings is 2. The first kappa shape index (κ1) is 14.0. The molecule has 0 aliphatic heterocycles. The molecule has 3 heterocycles. The molecule has 7 nitrogen and oxygen atoms in total. The fraction of sp³-hybridized carbons (Fsp3) is 0.200. The number of methoxy groups -OCH3 is 2. The average molecular weight is 298 g/mol. The number of hydrogen-bond donors (Lipinski definition) is 0. The van der Waals surface area contributed by atoms with Gasteiger partial charge in [-0.3, -0.25) is 0 Å². The number of rotatable bonds is 5. The van der Waals surface area contributed by atoms with Crippen LogP contribution in [0.3, 0.4) is 0 Å². The first-order chi connectivity index (χ1) is 10.8. The van der Waals surface area contributed by atoms with Gasteiger partial charge >= 0.3 is 0 Å². The van der Waals surface area contributed by atoms with Gasteiger partial charge in [0.2, 0.25) is 23.5 Å². The maximum atomic E-state index is 5.25. The highest BCUT2D eigenvalue weighted by molar-refractivity contribution is 5.53. The first-order valence-electron chi connectivity index (χ1n) is 6.61. The van der Waals surface area contributed by atoms with E-state index < -0.39 is 0 Å². The molecule has 0 amide bonds. The van der Waals surface area contributed by atoms with Gasteiger partial charge in [-0.1, -0.05) is 11.2 Å². The molecule has 0 unspecified atom stereocenters. The molecule has 7 heteroatoms. The molecule has 0 N–H and O–H groups in total. The van der Waals surface area contributed by atoms with Gasteiger partial charge in [0.1, 0.15) is 0 Å². The van der Waals surface area contributed by atoms with Crippen molar-refractivity contribution in [1.29, 1.82) is 0 Å². The summed E-state index contributed by atoms with van der Waals surface area (Å²) < 4.78 is 15.4. The second-order valence-electron chi connectivity index (χ2n) is 4.45. The summed E-state index contributed by atoms with van der Waals surface area (Å²) in [6.07, 6.45) is 2.07. The zero-order chi connectivity index (χ0) is 15.4. The third-order valence-electron chi connectivity index (χ3n) is 2.99. The van der Waals surface area contributed by atoms with Crippen LogP contribution in [0.4, 0.5) is 0 Å². The largest absolute Gasteiger partial charge is 0.481 e. The minimum Gasteiger partial charge on any atom is -0.481 e. The summed E-state index contributed by atoms with van der Waals surface area (Å²) in [5.74, 6) is 2.05. The van der Waals surface area contributed by atoms with Crippen molar-refractivity contribution in [3.05, 3.63) is 48.1 Å². The molecular formula is C15H14N4O3. The molecule has 22 heavy (non-hydrogen) atoms. The minimum atomic E-state index is 0.438. The smallest absolute Gasteiger partial charge is 0.232 e. The Labute approximate surface area is 126 Å². The van der Waals surface area contributed by atoms with Crippen molar-refractivity contribution < 1.29 is 14.0 Å². The highest BCUT2D eigenvalue weighted by Gasteiger charge is 2.11. The molecule has 0 aromatic carbocycles. The van der Waals surface area contributed by atoms with E-state index in [0.717, 1.165) is 11.3 Å². The molecular weight excluding hydrogens is 284 g/mol. The van der Waals surface area contributed by atoms with Crippen LogP contribution in [0.2, 0.25) is 0 Å². The Hall–Kier alpha value is -2.96. The van der Waals surface area contributed by atoms with E-state index in [4.69, 9.17) is 14.0 Å². The molecule has 0 aliphatic rings. The predicted molar refractivity (Wildman–Crippen MR) is 77.7 cm³/mol. The Balaban J connectivity index is 1.77. The summed E-state index contributed by atoms with van der Waals surface area (Å²) in [6.45, 7) is 0. The van der Waals surface area contributed by atoms with Gasteiger partial charge < -0.3 is 14.0 Å². The number of aromatic nitrogens is 4. The van der Waals surface area contributed by atoms with Gasteiger partial charge in [0, 0.05) is 23.9 Å². The fourth-order valence-corrected chi connectivity index (χ4v) is 1.90. The number of nitrogens with zero attached hydrogens (tertiary/aromatic N) is 4. The Morgan fingerprint density at radius 3 is 2.59 bits per heavy atom. The van der Waals surface area contributed by atoms with Crippen molar-refractivity contribution >= 4 is 0 Å². The van der Waals surface area contributed by atoms with E-state index in [1.165, 1.54) is 0 Å². The number of ether oxygens (including phenoxy) is 2. The summed E-state index contributed by atoms with van der Waals surface area (Å²) in [4.78, 5) is 12.8. The zero-order valence-electron chi connectivity index (χ0n) is 12.2.